The van der Waals surface area contributed by atoms with E-state index in [9.17, 15) is 26.4 Å². The Labute approximate surface area is 190 Å². The molecule has 9 heteroatoms. The van der Waals surface area contributed by atoms with Crippen molar-refractivity contribution in [2.75, 3.05) is 16.2 Å². The second-order valence-corrected chi connectivity index (χ2v) is 9.56. The van der Waals surface area contributed by atoms with Crippen molar-refractivity contribution in [3.63, 3.8) is 0 Å². The number of carbonyl (C=O) groups is 1. The number of nitrogens with zero attached hydrogens (tertiary/aromatic N) is 1. The molecule has 0 unspecified atom stereocenters. The van der Waals surface area contributed by atoms with Gasteiger partial charge in [-0.15, -0.1) is 0 Å². The summed E-state index contributed by atoms with van der Waals surface area (Å²) >= 11 is 0. The summed E-state index contributed by atoms with van der Waals surface area (Å²) in [5.41, 5.74) is 0.229. The fourth-order valence-electron chi connectivity index (χ4n) is 3.15. The highest BCUT2D eigenvalue weighted by molar-refractivity contribution is 7.92. The van der Waals surface area contributed by atoms with Gasteiger partial charge in [-0.2, -0.15) is 13.2 Å². The topological polar surface area (TPSA) is 66.5 Å². The smallest absolute Gasteiger partial charge is 0.325 e. The van der Waals surface area contributed by atoms with E-state index in [0.717, 1.165) is 17.7 Å². The minimum Gasteiger partial charge on any atom is -0.325 e. The minimum absolute atomic E-state index is 0.142. The molecule has 0 aliphatic heterocycles. The average Bonchev–Trinajstić information content (AvgIpc) is 2.78. The number of anilines is 2. The van der Waals surface area contributed by atoms with Gasteiger partial charge in [-0.3, -0.25) is 9.10 Å². The third kappa shape index (κ3) is 5.92. The number of sulfonamides is 1. The van der Waals surface area contributed by atoms with Gasteiger partial charge in [0.05, 0.1) is 16.1 Å². The molecule has 0 spiro atoms. The number of benzene rings is 3. The summed E-state index contributed by atoms with van der Waals surface area (Å²) < 4.78 is 66.9. The lowest BCUT2D eigenvalue weighted by Gasteiger charge is -2.25. The first-order chi connectivity index (χ1) is 15.5. The predicted molar refractivity (Wildman–Crippen MR) is 122 cm³/mol. The minimum atomic E-state index is -4.67. The molecule has 5 nitrogen and oxygen atoms in total. The summed E-state index contributed by atoms with van der Waals surface area (Å²) in [6.45, 7) is 3.34. The van der Waals surface area contributed by atoms with Crippen molar-refractivity contribution in [2.45, 2.75) is 30.8 Å². The molecule has 0 atom stereocenters. The highest BCUT2D eigenvalue weighted by Crippen LogP contribution is 2.33. The van der Waals surface area contributed by atoms with E-state index in [1.165, 1.54) is 30.3 Å². The van der Waals surface area contributed by atoms with Crippen molar-refractivity contribution in [3.05, 3.63) is 90.0 Å². The summed E-state index contributed by atoms with van der Waals surface area (Å²) in [5, 5.41) is 2.61. The monoisotopic (exact) mass is 476 g/mol. The van der Waals surface area contributed by atoms with E-state index >= 15 is 0 Å². The SMILES string of the molecule is CC(C)c1ccc(NC(=O)CN(c2cccc(C(F)(F)F)c2)S(=O)(=O)c2ccccc2)cc1. The average molecular weight is 477 g/mol. The Morgan fingerprint density at radius 3 is 2.15 bits per heavy atom. The number of carbonyl (C=O) groups excluding carboxylic acids is 1. The number of alkyl halides is 3. The van der Waals surface area contributed by atoms with Crippen LogP contribution < -0.4 is 9.62 Å². The first-order valence-electron chi connectivity index (χ1n) is 10.1. The standard InChI is InChI=1S/C24H23F3N2O3S/c1-17(2)18-11-13-20(14-12-18)28-23(30)16-29(33(31,32)22-9-4-3-5-10-22)21-8-6-7-19(15-21)24(25,26)27/h3-15,17H,16H2,1-2H3,(H,28,30). The van der Waals surface area contributed by atoms with Gasteiger partial charge in [-0.1, -0.05) is 50.2 Å². The number of halogens is 3. The molecular formula is C24H23F3N2O3S. The van der Waals surface area contributed by atoms with Crippen molar-refractivity contribution in [2.24, 2.45) is 0 Å². The molecule has 0 saturated heterocycles. The first-order valence-corrected chi connectivity index (χ1v) is 11.6. The Morgan fingerprint density at radius 1 is 0.939 bits per heavy atom. The van der Waals surface area contributed by atoms with Crippen molar-refractivity contribution >= 4 is 27.3 Å². The number of amides is 1. The molecule has 0 aliphatic rings. The first kappa shape index (κ1) is 24.3. The zero-order valence-corrected chi connectivity index (χ0v) is 18.8. The van der Waals surface area contributed by atoms with Gasteiger partial charge in [0.25, 0.3) is 10.0 Å². The quantitative estimate of drug-likeness (QED) is 0.478. The molecule has 33 heavy (non-hydrogen) atoms. The molecule has 3 rings (SSSR count). The summed E-state index contributed by atoms with van der Waals surface area (Å²) in [5.74, 6) is -0.397. The Morgan fingerprint density at radius 2 is 1.58 bits per heavy atom. The third-order valence-electron chi connectivity index (χ3n) is 4.94. The Bertz CT molecular complexity index is 1210. The zero-order valence-electron chi connectivity index (χ0n) is 18.0. The number of hydrogen-bond acceptors (Lipinski definition) is 3. The molecule has 0 heterocycles. The van der Waals surface area contributed by atoms with Gasteiger partial charge in [0.2, 0.25) is 5.91 Å². The van der Waals surface area contributed by atoms with Crippen LogP contribution in [-0.2, 0) is 21.0 Å². The van der Waals surface area contributed by atoms with Crippen LogP contribution in [-0.4, -0.2) is 20.9 Å². The lowest BCUT2D eigenvalue weighted by Crippen LogP contribution is -2.38. The van der Waals surface area contributed by atoms with E-state index in [2.05, 4.69) is 5.32 Å². The maximum Gasteiger partial charge on any atom is 0.416 e. The van der Waals surface area contributed by atoms with Crippen LogP contribution in [0.25, 0.3) is 0 Å². The maximum absolute atomic E-state index is 13.3. The highest BCUT2D eigenvalue weighted by Gasteiger charge is 2.33. The van der Waals surface area contributed by atoms with Crippen molar-refractivity contribution < 1.29 is 26.4 Å². The molecule has 0 fully saturated rings. The summed E-state index contributed by atoms with van der Waals surface area (Å²) in [4.78, 5) is 12.6. The summed E-state index contributed by atoms with van der Waals surface area (Å²) in [6, 6.07) is 18.2. The van der Waals surface area contributed by atoms with Gasteiger partial charge < -0.3 is 5.32 Å². The third-order valence-corrected chi connectivity index (χ3v) is 6.73. The largest absolute Gasteiger partial charge is 0.416 e. The van der Waals surface area contributed by atoms with E-state index in [1.807, 2.05) is 26.0 Å². The highest BCUT2D eigenvalue weighted by atomic mass is 32.2. The normalized spacial score (nSPS) is 11.9. The van der Waals surface area contributed by atoms with Crippen LogP contribution >= 0.6 is 0 Å². The van der Waals surface area contributed by atoms with Crippen LogP contribution in [0.4, 0.5) is 24.5 Å². The molecule has 0 aromatic heterocycles. The lowest BCUT2D eigenvalue weighted by molar-refractivity contribution is -0.137. The van der Waals surface area contributed by atoms with Crippen molar-refractivity contribution in [1.82, 2.24) is 0 Å². The van der Waals surface area contributed by atoms with Crippen LogP contribution in [0.3, 0.4) is 0 Å². The second kappa shape index (κ2) is 9.66. The van der Waals surface area contributed by atoms with Gasteiger partial charge in [0.1, 0.15) is 6.54 Å². The van der Waals surface area contributed by atoms with Crippen LogP contribution in [0.5, 0.6) is 0 Å². The van der Waals surface area contributed by atoms with Crippen LogP contribution in [0.15, 0.2) is 83.8 Å². The zero-order chi connectivity index (χ0) is 24.2. The second-order valence-electron chi connectivity index (χ2n) is 7.70. The van der Waals surface area contributed by atoms with Crippen molar-refractivity contribution in [1.29, 1.82) is 0 Å². The molecule has 0 bridgehead atoms. The molecule has 0 aliphatic carbocycles. The molecule has 0 saturated carbocycles. The van der Waals surface area contributed by atoms with Gasteiger partial charge in [0.15, 0.2) is 0 Å². The molecule has 3 aromatic rings. The summed E-state index contributed by atoms with van der Waals surface area (Å²) in [7, 11) is -4.32. The van der Waals surface area contributed by atoms with E-state index in [1.54, 1.807) is 18.2 Å². The maximum atomic E-state index is 13.3. The van der Waals surface area contributed by atoms with Crippen LogP contribution in [0, 0.1) is 0 Å². The summed E-state index contributed by atoms with van der Waals surface area (Å²) in [6.07, 6.45) is -4.67. The Hall–Kier alpha value is -3.33. The number of hydrogen-bond donors (Lipinski definition) is 1. The molecular weight excluding hydrogens is 453 g/mol. The van der Waals surface area contributed by atoms with E-state index in [-0.39, 0.29) is 10.6 Å². The van der Waals surface area contributed by atoms with Crippen LogP contribution in [0.1, 0.15) is 30.9 Å². The Kier molecular flexibility index (Phi) is 7.12. The van der Waals surface area contributed by atoms with Gasteiger partial charge in [-0.25, -0.2) is 8.42 Å². The fraction of sp³-hybridized carbons (Fsp3) is 0.208. The predicted octanol–water partition coefficient (Wildman–Crippen LogP) is 5.66. The lowest BCUT2D eigenvalue weighted by atomic mass is 10.0. The van der Waals surface area contributed by atoms with E-state index in [0.29, 0.717) is 22.0 Å². The van der Waals surface area contributed by atoms with Gasteiger partial charge in [-0.05, 0) is 53.9 Å². The van der Waals surface area contributed by atoms with Gasteiger partial charge in [0, 0.05) is 5.69 Å². The molecule has 0 radical (unpaired) electrons. The van der Waals surface area contributed by atoms with Gasteiger partial charge >= 0.3 is 6.18 Å². The molecule has 174 valence electrons. The fourth-order valence-corrected chi connectivity index (χ4v) is 4.59. The van der Waals surface area contributed by atoms with E-state index < -0.39 is 34.2 Å². The van der Waals surface area contributed by atoms with E-state index in [4.69, 9.17) is 0 Å². The van der Waals surface area contributed by atoms with Crippen LogP contribution in [0.2, 0.25) is 0 Å². The molecule has 3 aromatic carbocycles. The number of nitrogens with one attached hydrogen (secondary N) is 1. The molecule has 1 amide bonds. The molecule has 1 N–H and O–H groups in total. The Balaban J connectivity index is 1.95. The van der Waals surface area contributed by atoms with Crippen molar-refractivity contribution in [3.8, 4) is 0 Å². The number of rotatable bonds is 7.